The lowest BCUT2D eigenvalue weighted by Gasteiger charge is -2.12. The molecule has 5 heteroatoms. The fourth-order valence-electron chi connectivity index (χ4n) is 2.27. The van der Waals surface area contributed by atoms with Crippen molar-refractivity contribution in [2.75, 3.05) is 6.61 Å². The standard InChI is InChI=1S/C14H18N2O3/c1-10-2-3-11(7-14(10)16(18)19)8-15-13-5-4-12(6-13)9-17/h2-5,7,12-13,15,17H,6,8-9H2,1H3/t12-,13+/m0/s1. The molecule has 1 aromatic carbocycles. The van der Waals surface area contributed by atoms with Crippen LogP contribution >= 0.6 is 0 Å². The first kappa shape index (κ1) is 13.7. The second-order valence-electron chi connectivity index (χ2n) is 4.93. The van der Waals surface area contributed by atoms with E-state index in [1.165, 1.54) is 0 Å². The molecule has 2 rings (SSSR count). The van der Waals surface area contributed by atoms with Crippen LogP contribution in [0.5, 0.6) is 0 Å². The molecular formula is C14H18N2O3. The Morgan fingerprint density at radius 3 is 2.89 bits per heavy atom. The van der Waals surface area contributed by atoms with Crippen molar-refractivity contribution < 1.29 is 10.0 Å². The maximum absolute atomic E-state index is 10.9. The van der Waals surface area contributed by atoms with Gasteiger partial charge in [0.2, 0.25) is 0 Å². The molecule has 2 N–H and O–H groups in total. The van der Waals surface area contributed by atoms with Crippen LogP contribution in [0.2, 0.25) is 0 Å². The van der Waals surface area contributed by atoms with Gasteiger partial charge in [0.05, 0.1) is 4.92 Å². The Labute approximate surface area is 112 Å². The van der Waals surface area contributed by atoms with E-state index in [4.69, 9.17) is 5.11 Å². The van der Waals surface area contributed by atoms with E-state index in [1.807, 2.05) is 18.2 Å². The van der Waals surface area contributed by atoms with Gasteiger partial charge >= 0.3 is 0 Å². The van der Waals surface area contributed by atoms with Crippen molar-refractivity contribution in [3.63, 3.8) is 0 Å². The van der Waals surface area contributed by atoms with Crippen molar-refractivity contribution in [2.24, 2.45) is 5.92 Å². The molecule has 0 fully saturated rings. The summed E-state index contributed by atoms with van der Waals surface area (Å²) >= 11 is 0. The topological polar surface area (TPSA) is 75.4 Å². The van der Waals surface area contributed by atoms with E-state index >= 15 is 0 Å². The lowest BCUT2D eigenvalue weighted by molar-refractivity contribution is -0.385. The molecule has 1 aromatic rings. The van der Waals surface area contributed by atoms with Gasteiger partial charge in [-0.15, -0.1) is 0 Å². The first-order valence-corrected chi connectivity index (χ1v) is 6.36. The Kier molecular flexibility index (Phi) is 4.29. The zero-order chi connectivity index (χ0) is 13.8. The number of aryl methyl sites for hydroxylation is 1. The predicted molar refractivity (Wildman–Crippen MR) is 72.8 cm³/mol. The smallest absolute Gasteiger partial charge is 0.272 e. The highest BCUT2D eigenvalue weighted by atomic mass is 16.6. The van der Waals surface area contributed by atoms with Crippen molar-refractivity contribution in [2.45, 2.75) is 25.9 Å². The van der Waals surface area contributed by atoms with Gasteiger partial charge in [-0.2, -0.15) is 0 Å². The third-order valence-corrected chi connectivity index (χ3v) is 3.45. The third-order valence-electron chi connectivity index (χ3n) is 3.45. The largest absolute Gasteiger partial charge is 0.396 e. The van der Waals surface area contributed by atoms with Crippen molar-refractivity contribution in [3.8, 4) is 0 Å². The van der Waals surface area contributed by atoms with Crippen LogP contribution in [-0.2, 0) is 6.54 Å². The van der Waals surface area contributed by atoms with Gasteiger partial charge in [-0.05, 0) is 18.9 Å². The highest BCUT2D eigenvalue weighted by Crippen LogP contribution is 2.20. The normalized spacial score (nSPS) is 21.8. The monoisotopic (exact) mass is 262 g/mol. The number of nitrogens with zero attached hydrogens (tertiary/aromatic N) is 1. The van der Waals surface area contributed by atoms with Crippen molar-refractivity contribution in [3.05, 3.63) is 51.6 Å². The number of nitro benzene ring substituents is 1. The van der Waals surface area contributed by atoms with Crippen LogP contribution in [0, 0.1) is 23.0 Å². The summed E-state index contributed by atoms with van der Waals surface area (Å²) in [6, 6.07) is 5.52. The zero-order valence-corrected chi connectivity index (χ0v) is 10.9. The molecule has 0 heterocycles. The van der Waals surface area contributed by atoms with Crippen molar-refractivity contribution in [1.82, 2.24) is 5.32 Å². The van der Waals surface area contributed by atoms with Gasteiger partial charge < -0.3 is 10.4 Å². The molecular weight excluding hydrogens is 244 g/mol. The van der Waals surface area contributed by atoms with Crippen LogP contribution in [0.3, 0.4) is 0 Å². The number of nitrogens with one attached hydrogen (secondary N) is 1. The Morgan fingerprint density at radius 1 is 1.47 bits per heavy atom. The van der Waals surface area contributed by atoms with Crippen LogP contribution in [0.4, 0.5) is 5.69 Å². The Hall–Kier alpha value is -1.72. The predicted octanol–water partition coefficient (Wildman–Crippen LogP) is 1.93. The van der Waals surface area contributed by atoms with E-state index in [2.05, 4.69) is 5.32 Å². The molecule has 0 amide bonds. The number of benzene rings is 1. The quantitative estimate of drug-likeness (QED) is 0.483. The van der Waals surface area contributed by atoms with Crippen LogP contribution in [0.1, 0.15) is 17.5 Å². The molecule has 0 bridgehead atoms. The lowest BCUT2D eigenvalue weighted by atomic mass is 10.1. The van der Waals surface area contributed by atoms with E-state index in [0.29, 0.717) is 12.1 Å². The third kappa shape index (κ3) is 3.39. The van der Waals surface area contributed by atoms with Crippen LogP contribution < -0.4 is 5.32 Å². The van der Waals surface area contributed by atoms with Gasteiger partial charge in [0.15, 0.2) is 0 Å². The average molecular weight is 262 g/mol. The summed E-state index contributed by atoms with van der Waals surface area (Å²) in [7, 11) is 0. The summed E-state index contributed by atoms with van der Waals surface area (Å²) in [4.78, 5) is 10.5. The van der Waals surface area contributed by atoms with Crippen LogP contribution in [0.25, 0.3) is 0 Å². The molecule has 0 aromatic heterocycles. The molecule has 0 saturated carbocycles. The lowest BCUT2D eigenvalue weighted by Crippen LogP contribution is -2.26. The molecule has 19 heavy (non-hydrogen) atoms. The first-order valence-electron chi connectivity index (χ1n) is 6.36. The summed E-state index contributed by atoms with van der Waals surface area (Å²) in [5.41, 5.74) is 1.74. The molecule has 102 valence electrons. The molecule has 0 saturated heterocycles. The highest BCUT2D eigenvalue weighted by Gasteiger charge is 2.18. The van der Waals surface area contributed by atoms with Gasteiger partial charge in [-0.3, -0.25) is 10.1 Å². The van der Waals surface area contributed by atoms with E-state index in [9.17, 15) is 10.1 Å². The molecule has 2 atom stereocenters. The summed E-state index contributed by atoms with van der Waals surface area (Å²) < 4.78 is 0. The Bertz CT molecular complexity index is 499. The van der Waals surface area contributed by atoms with Gasteiger partial charge in [-0.1, -0.05) is 24.3 Å². The highest BCUT2D eigenvalue weighted by molar-refractivity contribution is 5.42. The number of hydrogen-bond donors (Lipinski definition) is 2. The number of nitro groups is 1. The second kappa shape index (κ2) is 5.95. The number of rotatable bonds is 5. The fraction of sp³-hybridized carbons (Fsp3) is 0.429. The van der Waals surface area contributed by atoms with Gasteiger partial charge in [0, 0.05) is 36.7 Å². The van der Waals surface area contributed by atoms with E-state index in [-0.39, 0.29) is 29.2 Å². The zero-order valence-electron chi connectivity index (χ0n) is 10.9. The fourth-order valence-corrected chi connectivity index (χ4v) is 2.27. The number of aliphatic hydroxyl groups is 1. The number of hydrogen-bond acceptors (Lipinski definition) is 4. The Balaban J connectivity index is 1.95. The second-order valence-corrected chi connectivity index (χ2v) is 4.93. The summed E-state index contributed by atoms with van der Waals surface area (Å²) in [5, 5.41) is 23.2. The Morgan fingerprint density at radius 2 is 2.26 bits per heavy atom. The van der Waals surface area contributed by atoms with E-state index in [1.54, 1.807) is 19.1 Å². The minimum Gasteiger partial charge on any atom is -0.396 e. The minimum atomic E-state index is -0.351. The van der Waals surface area contributed by atoms with E-state index in [0.717, 1.165) is 12.0 Å². The molecule has 0 radical (unpaired) electrons. The molecule has 1 aliphatic carbocycles. The van der Waals surface area contributed by atoms with Gasteiger partial charge in [0.25, 0.3) is 5.69 Å². The molecule has 0 unspecified atom stereocenters. The summed E-state index contributed by atoms with van der Waals surface area (Å²) in [5.74, 6) is 0.227. The van der Waals surface area contributed by atoms with Crippen LogP contribution in [-0.4, -0.2) is 22.7 Å². The maximum Gasteiger partial charge on any atom is 0.272 e. The SMILES string of the molecule is Cc1ccc(CN[C@@H]2C=C[C@H](CO)C2)cc1[N+](=O)[O-]. The molecule has 1 aliphatic rings. The van der Waals surface area contributed by atoms with Crippen LogP contribution in [0.15, 0.2) is 30.4 Å². The first-order chi connectivity index (χ1) is 9.10. The van der Waals surface area contributed by atoms with Gasteiger partial charge in [0.1, 0.15) is 0 Å². The summed E-state index contributed by atoms with van der Waals surface area (Å²) in [6.45, 7) is 2.50. The molecule has 0 aliphatic heterocycles. The van der Waals surface area contributed by atoms with Crippen molar-refractivity contribution >= 4 is 5.69 Å². The maximum atomic E-state index is 10.9. The number of aliphatic hydroxyl groups excluding tert-OH is 1. The molecule has 5 nitrogen and oxygen atoms in total. The van der Waals surface area contributed by atoms with Gasteiger partial charge in [-0.25, -0.2) is 0 Å². The summed E-state index contributed by atoms with van der Waals surface area (Å²) in [6.07, 6.45) is 4.93. The van der Waals surface area contributed by atoms with E-state index < -0.39 is 0 Å². The molecule has 0 spiro atoms. The van der Waals surface area contributed by atoms with Crippen molar-refractivity contribution in [1.29, 1.82) is 0 Å². The average Bonchev–Trinajstić information content (AvgIpc) is 2.85. The minimum absolute atomic E-state index is 0.162.